The number of amides is 1. The summed E-state index contributed by atoms with van der Waals surface area (Å²) in [6, 6.07) is 12.8. The van der Waals surface area contributed by atoms with Gasteiger partial charge >= 0.3 is 5.97 Å². The number of carbonyl (C=O) groups excluding carboxylic acids is 2. The number of hydrogen-bond donors (Lipinski definition) is 1. The minimum Gasteiger partial charge on any atom is -0.452 e. The average molecular weight is 391 g/mol. The van der Waals surface area contributed by atoms with E-state index in [0.717, 1.165) is 11.6 Å². The van der Waals surface area contributed by atoms with Crippen molar-refractivity contribution in [2.24, 2.45) is 0 Å². The largest absolute Gasteiger partial charge is 0.452 e. The van der Waals surface area contributed by atoms with E-state index in [9.17, 15) is 19.7 Å². The van der Waals surface area contributed by atoms with E-state index in [-0.39, 0.29) is 16.4 Å². The average Bonchev–Trinajstić information content (AvgIpc) is 2.64. The first kappa shape index (κ1) is 20.4. The molecular weight excluding hydrogens is 372 g/mol. The van der Waals surface area contributed by atoms with Crippen molar-refractivity contribution in [1.29, 1.82) is 0 Å². The maximum absolute atomic E-state index is 12.4. The maximum atomic E-state index is 12.4. The topological polar surface area (TPSA) is 98.5 Å². The number of non-ortho nitro benzene ring substituents is 1. The second-order valence-electron chi connectivity index (χ2n) is 5.86. The highest BCUT2D eigenvalue weighted by Crippen LogP contribution is 2.27. The Bertz CT molecular complexity index is 841. The van der Waals surface area contributed by atoms with Crippen molar-refractivity contribution in [1.82, 2.24) is 0 Å². The SMILES string of the molecule is CCC(C(=O)OC(C)C(=O)Nc1cc([N+](=O)[O-])ccc1Cl)c1ccccc1. The summed E-state index contributed by atoms with van der Waals surface area (Å²) < 4.78 is 5.28. The lowest BCUT2D eigenvalue weighted by molar-refractivity contribution is -0.384. The predicted molar refractivity (Wildman–Crippen MR) is 102 cm³/mol. The van der Waals surface area contributed by atoms with Gasteiger partial charge in [-0.3, -0.25) is 19.7 Å². The number of esters is 1. The van der Waals surface area contributed by atoms with Crippen LogP contribution in [-0.2, 0) is 14.3 Å². The fraction of sp³-hybridized carbons (Fsp3) is 0.263. The zero-order chi connectivity index (χ0) is 20.0. The van der Waals surface area contributed by atoms with Crippen molar-refractivity contribution in [3.8, 4) is 0 Å². The van der Waals surface area contributed by atoms with Gasteiger partial charge in [-0.1, -0.05) is 48.9 Å². The van der Waals surface area contributed by atoms with E-state index >= 15 is 0 Å². The monoisotopic (exact) mass is 390 g/mol. The summed E-state index contributed by atoms with van der Waals surface area (Å²) in [5, 5.41) is 13.4. The van der Waals surface area contributed by atoms with Gasteiger partial charge in [0.2, 0.25) is 0 Å². The lowest BCUT2D eigenvalue weighted by atomic mass is 9.97. The highest BCUT2D eigenvalue weighted by atomic mass is 35.5. The van der Waals surface area contributed by atoms with Crippen LogP contribution >= 0.6 is 11.6 Å². The van der Waals surface area contributed by atoms with Crippen LogP contribution in [0.15, 0.2) is 48.5 Å². The van der Waals surface area contributed by atoms with Crippen molar-refractivity contribution in [2.75, 3.05) is 5.32 Å². The molecule has 2 atom stereocenters. The van der Waals surface area contributed by atoms with E-state index in [1.54, 1.807) is 0 Å². The van der Waals surface area contributed by atoms with Gasteiger partial charge < -0.3 is 10.1 Å². The number of nitrogens with one attached hydrogen (secondary N) is 1. The quantitative estimate of drug-likeness (QED) is 0.431. The summed E-state index contributed by atoms with van der Waals surface area (Å²) in [6.07, 6.45) is -0.570. The number of ether oxygens (including phenoxy) is 1. The molecule has 142 valence electrons. The van der Waals surface area contributed by atoms with Gasteiger partial charge in [0.25, 0.3) is 11.6 Å². The predicted octanol–water partition coefficient (Wildman–Crippen LogP) is 4.31. The number of nitrogens with zero attached hydrogens (tertiary/aromatic N) is 1. The molecule has 0 bridgehead atoms. The van der Waals surface area contributed by atoms with E-state index in [1.165, 1.54) is 19.1 Å². The molecule has 2 aromatic rings. The molecule has 2 rings (SSSR count). The van der Waals surface area contributed by atoms with E-state index in [2.05, 4.69) is 5.32 Å². The Morgan fingerprint density at radius 3 is 2.48 bits per heavy atom. The van der Waals surface area contributed by atoms with Gasteiger partial charge in [0, 0.05) is 12.1 Å². The fourth-order valence-corrected chi connectivity index (χ4v) is 2.66. The normalized spacial score (nSPS) is 12.7. The fourth-order valence-electron chi connectivity index (χ4n) is 2.49. The Morgan fingerprint density at radius 1 is 1.22 bits per heavy atom. The van der Waals surface area contributed by atoms with Crippen LogP contribution in [0.3, 0.4) is 0 Å². The van der Waals surface area contributed by atoms with E-state index in [4.69, 9.17) is 16.3 Å². The van der Waals surface area contributed by atoms with Gasteiger partial charge in [0.1, 0.15) is 0 Å². The number of hydrogen-bond acceptors (Lipinski definition) is 5. The van der Waals surface area contributed by atoms with E-state index in [1.807, 2.05) is 37.3 Å². The Balaban J connectivity index is 2.06. The zero-order valence-electron chi connectivity index (χ0n) is 14.8. The van der Waals surface area contributed by atoms with E-state index in [0.29, 0.717) is 6.42 Å². The van der Waals surface area contributed by atoms with Crippen LogP contribution in [0.4, 0.5) is 11.4 Å². The molecule has 0 aliphatic rings. The van der Waals surface area contributed by atoms with Crippen molar-refractivity contribution in [2.45, 2.75) is 32.3 Å². The molecule has 0 fully saturated rings. The van der Waals surface area contributed by atoms with E-state index < -0.39 is 28.8 Å². The standard InChI is InChI=1S/C19H19ClN2O5/c1-3-15(13-7-5-4-6-8-13)19(24)27-12(2)18(23)21-17-11-14(22(25)26)9-10-16(17)20/h4-12,15H,3H2,1-2H3,(H,21,23). The molecule has 0 saturated carbocycles. The van der Waals surface area contributed by atoms with Gasteiger partial charge in [-0.25, -0.2) is 0 Å². The van der Waals surface area contributed by atoms with Crippen molar-refractivity contribution in [3.05, 3.63) is 69.2 Å². The molecule has 0 aromatic heterocycles. The summed E-state index contributed by atoms with van der Waals surface area (Å²) in [5.74, 6) is -1.63. The van der Waals surface area contributed by atoms with Crippen LogP contribution in [-0.4, -0.2) is 22.9 Å². The Morgan fingerprint density at radius 2 is 1.89 bits per heavy atom. The summed E-state index contributed by atoms with van der Waals surface area (Å²) >= 11 is 5.96. The lowest BCUT2D eigenvalue weighted by Crippen LogP contribution is -2.31. The van der Waals surface area contributed by atoms with Gasteiger partial charge in [-0.2, -0.15) is 0 Å². The number of rotatable bonds is 7. The molecule has 0 radical (unpaired) electrons. The number of anilines is 1. The summed E-state index contributed by atoms with van der Waals surface area (Å²) in [6.45, 7) is 3.28. The maximum Gasteiger partial charge on any atom is 0.314 e. The minimum atomic E-state index is -1.09. The van der Waals surface area contributed by atoms with Crippen LogP contribution < -0.4 is 5.32 Å². The third kappa shape index (κ3) is 5.27. The number of halogens is 1. The smallest absolute Gasteiger partial charge is 0.314 e. The molecule has 8 heteroatoms. The Hall–Kier alpha value is -2.93. The number of benzene rings is 2. The molecule has 0 aliphatic heterocycles. The van der Waals surface area contributed by atoms with Crippen molar-refractivity contribution < 1.29 is 19.2 Å². The third-order valence-corrected chi connectivity index (χ3v) is 4.31. The number of carbonyl (C=O) groups is 2. The Labute approximate surface area is 161 Å². The highest BCUT2D eigenvalue weighted by molar-refractivity contribution is 6.33. The first-order valence-corrected chi connectivity index (χ1v) is 8.71. The summed E-state index contributed by atoms with van der Waals surface area (Å²) in [5.41, 5.74) is 0.669. The molecule has 2 unspecified atom stereocenters. The first-order valence-electron chi connectivity index (χ1n) is 8.33. The molecule has 7 nitrogen and oxygen atoms in total. The van der Waals surface area contributed by atoms with Gasteiger partial charge in [-0.15, -0.1) is 0 Å². The first-order chi connectivity index (χ1) is 12.8. The second-order valence-corrected chi connectivity index (χ2v) is 6.27. The van der Waals surface area contributed by atoms with Crippen LogP contribution in [0.2, 0.25) is 5.02 Å². The Kier molecular flexibility index (Phi) is 6.90. The van der Waals surface area contributed by atoms with Crippen LogP contribution in [0.25, 0.3) is 0 Å². The molecule has 0 spiro atoms. The van der Waals surface area contributed by atoms with Crippen LogP contribution in [0.1, 0.15) is 31.7 Å². The third-order valence-electron chi connectivity index (χ3n) is 3.98. The number of nitro groups is 1. The van der Waals surface area contributed by atoms with Crippen molar-refractivity contribution >= 4 is 34.9 Å². The highest BCUT2D eigenvalue weighted by Gasteiger charge is 2.25. The molecular formula is C19H19ClN2O5. The molecule has 27 heavy (non-hydrogen) atoms. The molecule has 0 heterocycles. The molecule has 0 aliphatic carbocycles. The molecule has 1 amide bonds. The lowest BCUT2D eigenvalue weighted by Gasteiger charge is -2.18. The molecule has 1 N–H and O–H groups in total. The summed E-state index contributed by atoms with van der Waals surface area (Å²) in [4.78, 5) is 35.0. The molecule has 0 saturated heterocycles. The number of nitro benzene ring substituents is 1. The van der Waals surface area contributed by atoms with Crippen LogP contribution in [0.5, 0.6) is 0 Å². The van der Waals surface area contributed by atoms with Gasteiger partial charge in [0.15, 0.2) is 6.10 Å². The molecule has 2 aromatic carbocycles. The second kappa shape index (κ2) is 9.14. The van der Waals surface area contributed by atoms with Gasteiger partial charge in [-0.05, 0) is 25.0 Å². The van der Waals surface area contributed by atoms with Gasteiger partial charge in [0.05, 0.1) is 21.6 Å². The zero-order valence-corrected chi connectivity index (χ0v) is 15.6. The van der Waals surface area contributed by atoms with Crippen molar-refractivity contribution in [3.63, 3.8) is 0 Å². The van der Waals surface area contributed by atoms with Crippen LogP contribution in [0, 0.1) is 10.1 Å². The summed E-state index contributed by atoms with van der Waals surface area (Å²) in [7, 11) is 0. The minimum absolute atomic E-state index is 0.0777.